The molecule has 0 radical (unpaired) electrons. The second-order valence-electron chi connectivity index (χ2n) is 6.34. The normalized spacial score (nSPS) is 12.1. The van der Waals surface area contributed by atoms with E-state index in [4.69, 9.17) is 5.73 Å². The molecule has 25 heavy (non-hydrogen) atoms. The summed E-state index contributed by atoms with van der Waals surface area (Å²) in [4.78, 5) is 13.3. The molecule has 132 valence electrons. The number of nitrogens with one attached hydrogen (secondary N) is 1. The topological polar surface area (TPSA) is 76.2 Å². The van der Waals surface area contributed by atoms with Crippen LogP contribution in [0.25, 0.3) is 5.57 Å². The molecule has 2 heterocycles. The first-order chi connectivity index (χ1) is 12.1. The van der Waals surface area contributed by atoms with Crippen LogP contribution in [-0.4, -0.2) is 22.7 Å². The number of nitrogens with zero attached hydrogens (tertiary/aromatic N) is 3. The van der Waals surface area contributed by atoms with Crippen LogP contribution in [0.5, 0.6) is 0 Å². The zero-order chi connectivity index (χ0) is 18.1. The zero-order valence-corrected chi connectivity index (χ0v) is 15.2. The number of anilines is 1. The second-order valence-corrected chi connectivity index (χ2v) is 6.34. The number of allylic oxidation sites excluding steroid dienone is 1. The van der Waals surface area contributed by atoms with Gasteiger partial charge >= 0.3 is 0 Å². The van der Waals surface area contributed by atoms with Gasteiger partial charge in [-0.05, 0) is 36.6 Å². The number of nitrogens with two attached hydrogens (primary N) is 1. The predicted molar refractivity (Wildman–Crippen MR) is 106 cm³/mol. The fourth-order valence-corrected chi connectivity index (χ4v) is 2.27. The van der Waals surface area contributed by atoms with Gasteiger partial charge in [0.1, 0.15) is 0 Å². The van der Waals surface area contributed by atoms with E-state index in [2.05, 4.69) is 41.0 Å². The summed E-state index contributed by atoms with van der Waals surface area (Å²) in [7, 11) is 0. The monoisotopic (exact) mass is 337 g/mol. The van der Waals surface area contributed by atoms with Crippen molar-refractivity contribution in [3.8, 4) is 0 Å². The molecule has 0 bridgehead atoms. The van der Waals surface area contributed by atoms with Gasteiger partial charge < -0.3 is 11.1 Å². The molecule has 0 saturated carbocycles. The first-order valence-electron chi connectivity index (χ1n) is 8.73. The van der Waals surface area contributed by atoms with Crippen LogP contribution in [0, 0.1) is 5.92 Å². The van der Waals surface area contributed by atoms with E-state index in [1.165, 1.54) is 6.20 Å². The van der Waals surface area contributed by atoms with Crippen LogP contribution in [0.15, 0.2) is 47.9 Å². The summed E-state index contributed by atoms with van der Waals surface area (Å²) in [5.74, 6) is 0.587. The molecule has 5 heteroatoms. The molecule has 2 aromatic rings. The number of aliphatic imine (C=N–C) groups is 1. The van der Waals surface area contributed by atoms with Crippen LogP contribution < -0.4 is 11.1 Å². The molecule has 0 spiro atoms. The Morgan fingerprint density at radius 3 is 2.76 bits per heavy atom. The highest BCUT2D eigenvalue weighted by molar-refractivity contribution is 6.09. The smallest absolute Gasteiger partial charge is 0.0733 e. The van der Waals surface area contributed by atoms with E-state index in [0.29, 0.717) is 5.92 Å². The molecule has 0 unspecified atom stereocenters. The van der Waals surface area contributed by atoms with E-state index >= 15 is 0 Å². The summed E-state index contributed by atoms with van der Waals surface area (Å²) in [5.41, 5.74) is 10.3. The minimum Gasteiger partial charge on any atom is -0.404 e. The van der Waals surface area contributed by atoms with Crippen LogP contribution in [-0.2, 0) is 6.42 Å². The highest BCUT2D eigenvalue weighted by Crippen LogP contribution is 2.16. The summed E-state index contributed by atoms with van der Waals surface area (Å²) >= 11 is 0. The van der Waals surface area contributed by atoms with Gasteiger partial charge in [0, 0.05) is 36.4 Å². The maximum Gasteiger partial charge on any atom is 0.0733 e. The maximum atomic E-state index is 5.76. The molecule has 3 N–H and O–H groups in total. The van der Waals surface area contributed by atoms with Gasteiger partial charge in [-0.15, -0.1) is 0 Å². The average Bonchev–Trinajstić information content (AvgIpc) is 2.62. The van der Waals surface area contributed by atoms with E-state index < -0.39 is 0 Å². The number of pyridine rings is 2. The fraction of sp³-hybridized carbons (Fsp3) is 0.350. The summed E-state index contributed by atoms with van der Waals surface area (Å²) in [6.45, 7) is 7.40. The van der Waals surface area contributed by atoms with Crippen LogP contribution >= 0.6 is 0 Å². The summed E-state index contributed by atoms with van der Waals surface area (Å²) in [6, 6.07) is 7.84. The van der Waals surface area contributed by atoms with Crippen molar-refractivity contribution in [3.05, 3.63) is 54.2 Å². The van der Waals surface area contributed by atoms with Gasteiger partial charge in [0.25, 0.3) is 0 Å². The van der Waals surface area contributed by atoms with Crippen molar-refractivity contribution in [2.45, 2.75) is 33.6 Å². The van der Waals surface area contributed by atoms with E-state index in [1.54, 1.807) is 12.4 Å². The Hall–Kier alpha value is -2.69. The molecule has 0 amide bonds. The number of rotatable bonds is 8. The predicted octanol–water partition coefficient (Wildman–Crippen LogP) is 4.20. The van der Waals surface area contributed by atoms with Crippen molar-refractivity contribution >= 4 is 23.2 Å². The van der Waals surface area contributed by atoms with E-state index in [-0.39, 0.29) is 0 Å². The molecule has 0 fully saturated rings. The average molecular weight is 337 g/mol. The van der Waals surface area contributed by atoms with Crippen molar-refractivity contribution in [2.24, 2.45) is 16.6 Å². The third-order valence-corrected chi connectivity index (χ3v) is 3.61. The van der Waals surface area contributed by atoms with Gasteiger partial charge in [-0.1, -0.05) is 27.2 Å². The number of aromatic nitrogens is 2. The Bertz CT molecular complexity index is 717. The van der Waals surface area contributed by atoms with Crippen LogP contribution in [0.2, 0.25) is 0 Å². The molecule has 5 nitrogen and oxygen atoms in total. The lowest BCUT2D eigenvalue weighted by Crippen LogP contribution is -2.08. The van der Waals surface area contributed by atoms with E-state index in [0.717, 1.165) is 47.7 Å². The summed E-state index contributed by atoms with van der Waals surface area (Å²) in [6.07, 6.45) is 8.90. The van der Waals surface area contributed by atoms with Gasteiger partial charge in [-0.2, -0.15) is 0 Å². The van der Waals surface area contributed by atoms with Crippen LogP contribution in [0.3, 0.4) is 0 Å². The molecule has 2 rings (SSSR count). The van der Waals surface area contributed by atoms with Crippen molar-refractivity contribution in [2.75, 3.05) is 11.9 Å². The fourth-order valence-electron chi connectivity index (χ4n) is 2.27. The SMILES string of the molecule is CCCc1cc(N=C/C(=C\N)c2ccc(NCC(C)C)cn2)ccn1. The minimum atomic E-state index is 0.587. The van der Waals surface area contributed by atoms with Gasteiger partial charge in [-0.3, -0.25) is 15.0 Å². The Balaban J connectivity index is 2.08. The van der Waals surface area contributed by atoms with Crippen molar-refractivity contribution in [1.29, 1.82) is 0 Å². The summed E-state index contributed by atoms with van der Waals surface area (Å²) < 4.78 is 0. The molecule has 0 aromatic carbocycles. The molecular weight excluding hydrogens is 310 g/mol. The molecule has 0 saturated heterocycles. The summed E-state index contributed by atoms with van der Waals surface area (Å²) in [5, 5.41) is 3.35. The molecule has 0 aliphatic heterocycles. The Labute approximate surface area is 150 Å². The van der Waals surface area contributed by atoms with Crippen LogP contribution in [0.4, 0.5) is 11.4 Å². The van der Waals surface area contributed by atoms with Crippen molar-refractivity contribution in [3.63, 3.8) is 0 Å². The van der Waals surface area contributed by atoms with Crippen molar-refractivity contribution in [1.82, 2.24) is 9.97 Å². The number of hydrogen-bond donors (Lipinski definition) is 2. The van der Waals surface area contributed by atoms with E-state index in [9.17, 15) is 0 Å². The first-order valence-corrected chi connectivity index (χ1v) is 8.73. The Morgan fingerprint density at radius 2 is 2.12 bits per heavy atom. The highest BCUT2D eigenvalue weighted by atomic mass is 14.9. The standard InChI is InChI=1S/C20H27N5/c1-4-5-17-10-18(8-9-22-17)24-13-16(11-21)20-7-6-19(14-25-20)23-12-15(2)3/h6-11,13-15,23H,4-5,12,21H2,1-3H3/b16-11+,24-13?. The molecule has 0 atom stereocenters. The lowest BCUT2D eigenvalue weighted by Gasteiger charge is -2.09. The molecule has 0 aliphatic rings. The Morgan fingerprint density at radius 1 is 1.28 bits per heavy atom. The van der Waals surface area contributed by atoms with Gasteiger partial charge in [0.15, 0.2) is 0 Å². The zero-order valence-electron chi connectivity index (χ0n) is 15.2. The first kappa shape index (κ1) is 18.6. The van der Waals surface area contributed by atoms with Gasteiger partial charge in [0.05, 0.1) is 23.3 Å². The molecule has 2 aromatic heterocycles. The second kappa shape index (κ2) is 9.57. The van der Waals surface area contributed by atoms with Gasteiger partial charge in [0.2, 0.25) is 0 Å². The van der Waals surface area contributed by atoms with Gasteiger partial charge in [-0.25, -0.2) is 0 Å². The molecular formula is C20H27N5. The lowest BCUT2D eigenvalue weighted by molar-refractivity contribution is 0.688. The third-order valence-electron chi connectivity index (χ3n) is 3.61. The molecule has 0 aliphatic carbocycles. The van der Waals surface area contributed by atoms with E-state index in [1.807, 2.05) is 30.5 Å². The third kappa shape index (κ3) is 6.03. The Kier molecular flexibility index (Phi) is 7.14. The quantitative estimate of drug-likeness (QED) is 0.708. The van der Waals surface area contributed by atoms with Crippen LogP contribution in [0.1, 0.15) is 38.6 Å². The lowest BCUT2D eigenvalue weighted by atomic mass is 10.2. The van der Waals surface area contributed by atoms with Crippen molar-refractivity contribution < 1.29 is 0 Å². The largest absolute Gasteiger partial charge is 0.404 e. The minimum absolute atomic E-state index is 0.587. The number of hydrogen-bond acceptors (Lipinski definition) is 5. The number of aryl methyl sites for hydroxylation is 1. The highest BCUT2D eigenvalue weighted by Gasteiger charge is 2.02. The maximum absolute atomic E-state index is 5.76.